The van der Waals surface area contributed by atoms with Gasteiger partial charge in [-0.05, 0) is 25.1 Å². The Balaban J connectivity index is 1.77. The summed E-state index contributed by atoms with van der Waals surface area (Å²) >= 11 is 0. The Bertz CT molecular complexity index is 1070. The number of hydrogen-bond acceptors (Lipinski definition) is 6. The minimum Gasteiger partial charge on any atom is -0.378 e. The van der Waals surface area contributed by atoms with Crippen LogP contribution in [0.2, 0.25) is 0 Å². The normalized spacial score (nSPS) is 11.9. The minimum absolute atomic E-state index is 0.263. The predicted molar refractivity (Wildman–Crippen MR) is 98.0 cm³/mol. The van der Waals surface area contributed by atoms with Crippen LogP contribution < -0.4 is 5.32 Å². The molecule has 27 heavy (non-hydrogen) atoms. The fourth-order valence-corrected chi connectivity index (χ4v) is 3.45. The number of anilines is 1. The molecule has 0 amide bonds. The SMILES string of the molecule is Cc1c(-c2cc(CNc3ccc(F)c(S(=O)(=O)N(C)C)c3)on2)cnn1C. The second-order valence-corrected chi connectivity index (χ2v) is 8.35. The molecule has 0 saturated carbocycles. The number of aromatic nitrogens is 3. The molecule has 0 aliphatic carbocycles. The van der Waals surface area contributed by atoms with Gasteiger partial charge in [-0.1, -0.05) is 5.16 Å². The number of hydrogen-bond donors (Lipinski definition) is 1. The summed E-state index contributed by atoms with van der Waals surface area (Å²) < 4.78 is 46.4. The van der Waals surface area contributed by atoms with Crippen LogP contribution in [-0.2, 0) is 23.6 Å². The van der Waals surface area contributed by atoms with Crippen molar-refractivity contribution in [2.24, 2.45) is 7.05 Å². The van der Waals surface area contributed by atoms with Crippen molar-refractivity contribution in [1.29, 1.82) is 0 Å². The molecule has 1 aromatic carbocycles. The van der Waals surface area contributed by atoms with Crippen molar-refractivity contribution in [3.8, 4) is 11.3 Å². The zero-order valence-electron chi connectivity index (χ0n) is 15.4. The zero-order valence-corrected chi connectivity index (χ0v) is 16.2. The van der Waals surface area contributed by atoms with Gasteiger partial charge >= 0.3 is 0 Å². The van der Waals surface area contributed by atoms with Crippen LogP contribution in [0.1, 0.15) is 11.5 Å². The lowest BCUT2D eigenvalue weighted by Gasteiger charge is -2.13. The van der Waals surface area contributed by atoms with Gasteiger partial charge in [0, 0.05) is 44.2 Å². The molecule has 0 unspecified atom stereocenters. The van der Waals surface area contributed by atoms with Crippen LogP contribution >= 0.6 is 0 Å². The highest BCUT2D eigenvalue weighted by atomic mass is 32.2. The summed E-state index contributed by atoms with van der Waals surface area (Å²) in [6.45, 7) is 2.19. The van der Waals surface area contributed by atoms with Gasteiger partial charge < -0.3 is 9.84 Å². The largest absolute Gasteiger partial charge is 0.378 e. The number of halogens is 1. The minimum atomic E-state index is -3.87. The van der Waals surface area contributed by atoms with Crippen molar-refractivity contribution in [3.05, 3.63) is 47.7 Å². The lowest BCUT2D eigenvalue weighted by molar-refractivity contribution is 0.390. The topological polar surface area (TPSA) is 93.3 Å². The van der Waals surface area contributed by atoms with E-state index in [9.17, 15) is 12.8 Å². The maximum atomic E-state index is 13.9. The maximum Gasteiger partial charge on any atom is 0.245 e. The summed E-state index contributed by atoms with van der Waals surface area (Å²) in [7, 11) is 0.674. The van der Waals surface area contributed by atoms with Gasteiger partial charge in [0.2, 0.25) is 10.0 Å². The molecule has 0 atom stereocenters. The monoisotopic (exact) mass is 393 g/mol. The molecule has 3 rings (SSSR count). The molecule has 0 spiro atoms. The highest BCUT2D eigenvalue weighted by Crippen LogP contribution is 2.24. The molecule has 0 saturated heterocycles. The van der Waals surface area contributed by atoms with Gasteiger partial charge in [0.1, 0.15) is 16.4 Å². The number of aryl methyl sites for hydroxylation is 1. The summed E-state index contributed by atoms with van der Waals surface area (Å²) in [5, 5.41) is 11.2. The smallest absolute Gasteiger partial charge is 0.245 e. The summed E-state index contributed by atoms with van der Waals surface area (Å²) in [5.41, 5.74) is 2.94. The van der Waals surface area contributed by atoms with E-state index < -0.39 is 15.8 Å². The number of nitrogens with one attached hydrogen (secondary N) is 1. The summed E-state index contributed by atoms with van der Waals surface area (Å²) in [4.78, 5) is -0.387. The van der Waals surface area contributed by atoms with E-state index in [-0.39, 0.29) is 11.4 Å². The van der Waals surface area contributed by atoms with Gasteiger partial charge in [0.15, 0.2) is 5.76 Å². The van der Waals surface area contributed by atoms with Crippen LogP contribution in [0, 0.1) is 12.7 Å². The Hall–Kier alpha value is -2.72. The molecule has 3 aromatic rings. The van der Waals surface area contributed by atoms with Gasteiger partial charge in [0.25, 0.3) is 0 Å². The summed E-state index contributed by atoms with van der Waals surface area (Å²) in [5.74, 6) is -0.252. The van der Waals surface area contributed by atoms with E-state index in [4.69, 9.17) is 4.52 Å². The third-order valence-corrected chi connectivity index (χ3v) is 6.06. The van der Waals surface area contributed by atoms with Gasteiger partial charge in [-0.2, -0.15) is 5.10 Å². The molecule has 0 bridgehead atoms. The molecular weight excluding hydrogens is 373 g/mol. The molecular formula is C17H20FN5O3S. The molecule has 144 valence electrons. The zero-order chi connectivity index (χ0) is 19.8. The number of sulfonamides is 1. The van der Waals surface area contributed by atoms with Crippen LogP contribution in [0.4, 0.5) is 10.1 Å². The van der Waals surface area contributed by atoms with Crippen LogP contribution in [0.15, 0.2) is 39.9 Å². The Morgan fingerprint density at radius 1 is 1.30 bits per heavy atom. The molecule has 0 fully saturated rings. The van der Waals surface area contributed by atoms with E-state index >= 15 is 0 Å². The van der Waals surface area contributed by atoms with Crippen molar-refractivity contribution in [3.63, 3.8) is 0 Å². The average molecular weight is 393 g/mol. The number of rotatable bonds is 6. The maximum absolute atomic E-state index is 13.9. The summed E-state index contributed by atoms with van der Waals surface area (Å²) in [6.07, 6.45) is 1.71. The highest BCUT2D eigenvalue weighted by Gasteiger charge is 2.22. The molecule has 2 heterocycles. The Kier molecular flexibility index (Phi) is 5.03. The van der Waals surface area contributed by atoms with E-state index in [1.54, 1.807) is 16.9 Å². The third kappa shape index (κ3) is 3.71. The van der Waals surface area contributed by atoms with E-state index in [2.05, 4.69) is 15.6 Å². The number of benzene rings is 1. The van der Waals surface area contributed by atoms with Crippen LogP contribution in [-0.4, -0.2) is 41.8 Å². The van der Waals surface area contributed by atoms with Crippen molar-refractivity contribution in [1.82, 2.24) is 19.2 Å². The first-order valence-electron chi connectivity index (χ1n) is 8.10. The van der Waals surface area contributed by atoms with Crippen molar-refractivity contribution in [2.45, 2.75) is 18.4 Å². The quantitative estimate of drug-likeness (QED) is 0.691. The van der Waals surface area contributed by atoms with E-state index in [0.717, 1.165) is 21.6 Å². The second-order valence-electron chi connectivity index (χ2n) is 6.23. The van der Waals surface area contributed by atoms with Gasteiger partial charge in [-0.25, -0.2) is 17.1 Å². The van der Waals surface area contributed by atoms with Crippen molar-refractivity contribution >= 4 is 15.7 Å². The lowest BCUT2D eigenvalue weighted by atomic mass is 10.2. The van der Waals surface area contributed by atoms with Gasteiger partial charge in [-0.3, -0.25) is 4.68 Å². The van der Waals surface area contributed by atoms with Crippen molar-refractivity contribution < 1.29 is 17.3 Å². The highest BCUT2D eigenvalue weighted by molar-refractivity contribution is 7.89. The molecule has 0 aliphatic rings. The molecule has 1 N–H and O–H groups in total. The molecule has 2 aromatic heterocycles. The standard InChI is InChI=1S/C17H20FN5O3S/c1-11-14(10-20-23(11)4)16-8-13(26-21-16)9-19-12-5-6-15(18)17(7-12)27(24,25)22(2)3/h5-8,10,19H,9H2,1-4H3. The van der Waals surface area contributed by atoms with Gasteiger partial charge in [-0.15, -0.1) is 0 Å². The second kappa shape index (κ2) is 7.12. The summed E-state index contributed by atoms with van der Waals surface area (Å²) in [6, 6.07) is 5.61. The number of nitrogens with zero attached hydrogens (tertiary/aromatic N) is 4. The molecule has 8 nitrogen and oxygen atoms in total. The molecule has 0 radical (unpaired) electrons. The van der Waals surface area contributed by atoms with Crippen LogP contribution in [0.3, 0.4) is 0 Å². The molecule has 10 heteroatoms. The molecule has 0 aliphatic heterocycles. The first-order valence-corrected chi connectivity index (χ1v) is 9.54. The fourth-order valence-electron chi connectivity index (χ4n) is 2.47. The van der Waals surface area contributed by atoms with Crippen molar-refractivity contribution in [2.75, 3.05) is 19.4 Å². The van der Waals surface area contributed by atoms with E-state index in [1.807, 2.05) is 14.0 Å². The lowest BCUT2D eigenvalue weighted by Crippen LogP contribution is -2.23. The van der Waals surface area contributed by atoms with Crippen LogP contribution in [0.5, 0.6) is 0 Å². The third-order valence-electron chi connectivity index (χ3n) is 4.23. The Labute approximate surface area is 156 Å². The predicted octanol–water partition coefficient (Wildman–Crippen LogP) is 2.39. The van der Waals surface area contributed by atoms with E-state index in [1.165, 1.54) is 26.2 Å². The van der Waals surface area contributed by atoms with Gasteiger partial charge in [0.05, 0.1) is 12.7 Å². The van der Waals surface area contributed by atoms with Crippen LogP contribution in [0.25, 0.3) is 11.3 Å². The Morgan fingerprint density at radius 3 is 2.67 bits per heavy atom. The first-order chi connectivity index (χ1) is 12.7. The average Bonchev–Trinajstić information content (AvgIpc) is 3.21. The Morgan fingerprint density at radius 2 is 2.04 bits per heavy atom. The fraction of sp³-hybridized carbons (Fsp3) is 0.294. The van der Waals surface area contributed by atoms with E-state index in [0.29, 0.717) is 17.1 Å². The first kappa shape index (κ1) is 19.1.